The van der Waals surface area contributed by atoms with Crippen LogP contribution in [0.25, 0.3) is 0 Å². The number of hydrogen-bond acceptors (Lipinski definition) is 4. The van der Waals surface area contributed by atoms with E-state index in [2.05, 4.69) is 10.6 Å². The van der Waals surface area contributed by atoms with Crippen LogP contribution in [0.1, 0.15) is 17.5 Å². The summed E-state index contributed by atoms with van der Waals surface area (Å²) in [6.07, 6.45) is 0.537. The molecule has 27 heavy (non-hydrogen) atoms. The van der Waals surface area contributed by atoms with Crippen molar-refractivity contribution in [2.45, 2.75) is 20.3 Å². The maximum atomic E-state index is 12.6. The van der Waals surface area contributed by atoms with E-state index in [4.69, 9.17) is 9.47 Å². The molecule has 1 fully saturated rings. The second-order valence-corrected chi connectivity index (χ2v) is 6.76. The van der Waals surface area contributed by atoms with Crippen LogP contribution in [0.4, 0.5) is 11.4 Å². The smallest absolute Gasteiger partial charge is 0.228 e. The number of nitrogens with one attached hydrogen (secondary N) is 2. The molecular weight excluding hydrogens is 344 g/mol. The van der Waals surface area contributed by atoms with Gasteiger partial charge in [-0.2, -0.15) is 0 Å². The standard InChI is InChI=1S/C21H24N2O4/c1-12-6-5-7-13(2)19(12)23-21(25)16-11-15(16)20(24)22-17-10-14(26-3)8-9-18(17)27-4/h5-10,15-16H,11H2,1-4H3,(H,22,24)(H,23,25). The zero-order chi connectivity index (χ0) is 19.6. The summed E-state index contributed by atoms with van der Waals surface area (Å²) in [6.45, 7) is 3.91. The normalized spacial score (nSPS) is 17.8. The molecule has 0 spiro atoms. The SMILES string of the molecule is COc1ccc(OC)c(NC(=O)C2CC2C(=O)Nc2c(C)cccc2C)c1. The molecule has 0 heterocycles. The molecule has 6 nitrogen and oxygen atoms in total. The van der Waals surface area contributed by atoms with Gasteiger partial charge < -0.3 is 20.1 Å². The van der Waals surface area contributed by atoms with Crippen molar-refractivity contribution >= 4 is 23.2 Å². The number of anilines is 2. The first kappa shape index (κ1) is 18.8. The number of para-hydroxylation sites is 1. The lowest BCUT2D eigenvalue weighted by molar-refractivity contribution is -0.122. The Morgan fingerprint density at radius 3 is 2.15 bits per heavy atom. The maximum absolute atomic E-state index is 12.6. The highest BCUT2D eigenvalue weighted by Crippen LogP contribution is 2.41. The largest absolute Gasteiger partial charge is 0.497 e. The van der Waals surface area contributed by atoms with Gasteiger partial charge in [0, 0.05) is 11.8 Å². The Hall–Kier alpha value is -3.02. The van der Waals surface area contributed by atoms with Gasteiger partial charge in [0.2, 0.25) is 11.8 Å². The molecule has 1 aliphatic rings. The third kappa shape index (κ3) is 4.05. The van der Waals surface area contributed by atoms with Crippen molar-refractivity contribution < 1.29 is 19.1 Å². The quantitative estimate of drug-likeness (QED) is 0.818. The number of methoxy groups -OCH3 is 2. The molecule has 0 aliphatic heterocycles. The van der Waals surface area contributed by atoms with E-state index >= 15 is 0 Å². The van der Waals surface area contributed by atoms with Crippen LogP contribution in [0.3, 0.4) is 0 Å². The summed E-state index contributed by atoms with van der Waals surface area (Å²) in [5, 5.41) is 5.81. The van der Waals surface area contributed by atoms with E-state index in [0.717, 1.165) is 16.8 Å². The lowest BCUT2D eigenvalue weighted by Gasteiger charge is -2.12. The van der Waals surface area contributed by atoms with Crippen molar-refractivity contribution in [3.05, 3.63) is 47.5 Å². The van der Waals surface area contributed by atoms with Crippen LogP contribution >= 0.6 is 0 Å². The van der Waals surface area contributed by atoms with Gasteiger partial charge in [0.15, 0.2) is 0 Å². The number of rotatable bonds is 6. The van der Waals surface area contributed by atoms with Crippen molar-refractivity contribution in [1.29, 1.82) is 0 Å². The number of carbonyl (C=O) groups is 2. The van der Waals surface area contributed by atoms with Crippen molar-refractivity contribution in [3.63, 3.8) is 0 Å². The van der Waals surface area contributed by atoms with Crippen LogP contribution in [0.2, 0.25) is 0 Å². The third-order valence-electron chi connectivity index (χ3n) is 4.86. The summed E-state index contributed by atoms with van der Waals surface area (Å²) in [7, 11) is 3.09. The summed E-state index contributed by atoms with van der Waals surface area (Å²) in [4.78, 5) is 25.1. The molecule has 3 rings (SSSR count). The summed E-state index contributed by atoms with van der Waals surface area (Å²) in [6, 6.07) is 11.0. The second-order valence-electron chi connectivity index (χ2n) is 6.76. The average molecular weight is 368 g/mol. The van der Waals surface area contributed by atoms with Crippen molar-refractivity contribution in [3.8, 4) is 11.5 Å². The number of amides is 2. The molecule has 2 amide bonds. The van der Waals surface area contributed by atoms with Gasteiger partial charge in [-0.25, -0.2) is 0 Å². The topological polar surface area (TPSA) is 76.7 Å². The minimum atomic E-state index is -0.342. The molecule has 1 saturated carbocycles. The van der Waals surface area contributed by atoms with Gasteiger partial charge in [-0.15, -0.1) is 0 Å². The Balaban J connectivity index is 1.65. The van der Waals surface area contributed by atoms with Crippen LogP contribution in [0.15, 0.2) is 36.4 Å². The van der Waals surface area contributed by atoms with Crippen LogP contribution < -0.4 is 20.1 Å². The zero-order valence-electron chi connectivity index (χ0n) is 16.0. The lowest BCUT2D eigenvalue weighted by atomic mass is 10.1. The first-order chi connectivity index (χ1) is 12.9. The summed E-state index contributed by atoms with van der Waals surface area (Å²) in [5.74, 6) is 0.187. The average Bonchev–Trinajstić information content (AvgIpc) is 3.45. The molecule has 2 atom stereocenters. The van der Waals surface area contributed by atoms with Gasteiger partial charge in [-0.3, -0.25) is 9.59 Å². The van der Waals surface area contributed by atoms with E-state index in [1.807, 2.05) is 32.0 Å². The predicted molar refractivity (Wildman–Crippen MR) is 104 cm³/mol. The molecule has 1 aliphatic carbocycles. The Bertz CT molecular complexity index is 858. The van der Waals surface area contributed by atoms with E-state index in [0.29, 0.717) is 23.6 Å². The minimum Gasteiger partial charge on any atom is -0.497 e. The van der Waals surface area contributed by atoms with Crippen LogP contribution in [-0.2, 0) is 9.59 Å². The van der Waals surface area contributed by atoms with E-state index in [1.54, 1.807) is 25.3 Å². The van der Waals surface area contributed by atoms with Crippen LogP contribution in [0.5, 0.6) is 11.5 Å². The maximum Gasteiger partial charge on any atom is 0.228 e. The summed E-state index contributed by atoms with van der Waals surface area (Å²) < 4.78 is 10.5. The molecule has 2 aromatic rings. The Morgan fingerprint density at radius 1 is 0.926 bits per heavy atom. The molecular formula is C21H24N2O4. The number of ether oxygens (including phenoxy) is 2. The highest BCUT2D eigenvalue weighted by atomic mass is 16.5. The first-order valence-electron chi connectivity index (χ1n) is 8.84. The molecule has 2 N–H and O–H groups in total. The zero-order valence-corrected chi connectivity index (χ0v) is 16.0. The first-order valence-corrected chi connectivity index (χ1v) is 8.84. The molecule has 2 unspecified atom stereocenters. The molecule has 6 heteroatoms. The van der Waals surface area contributed by atoms with Crippen molar-refractivity contribution in [2.24, 2.45) is 11.8 Å². The lowest BCUT2D eigenvalue weighted by Crippen LogP contribution is -2.21. The number of benzene rings is 2. The number of carbonyl (C=O) groups excluding carboxylic acids is 2. The minimum absolute atomic E-state index is 0.120. The fourth-order valence-electron chi connectivity index (χ4n) is 3.14. The second kappa shape index (κ2) is 7.70. The van der Waals surface area contributed by atoms with Gasteiger partial charge >= 0.3 is 0 Å². The molecule has 2 aromatic carbocycles. The molecule has 0 bridgehead atoms. The Labute approximate surface area is 158 Å². The number of hydrogen-bond donors (Lipinski definition) is 2. The summed E-state index contributed by atoms with van der Waals surface area (Å²) in [5.41, 5.74) is 3.36. The summed E-state index contributed by atoms with van der Waals surface area (Å²) >= 11 is 0. The van der Waals surface area contributed by atoms with Crippen molar-refractivity contribution in [1.82, 2.24) is 0 Å². The predicted octanol–water partition coefficient (Wildman–Crippen LogP) is 3.53. The van der Waals surface area contributed by atoms with E-state index in [-0.39, 0.29) is 23.7 Å². The fourth-order valence-corrected chi connectivity index (χ4v) is 3.14. The fraction of sp³-hybridized carbons (Fsp3) is 0.333. The van der Waals surface area contributed by atoms with E-state index < -0.39 is 0 Å². The highest BCUT2D eigenvalue weighted by molar-refractivity contribution is 6.04. The Morgan fingerprint density at radius 2 is 1.56 bits per heavy atom. The van der Waals surface area contributed by atoms with Crippen molar-refractivity contribution in [2.75, 3.05) is 24.9 Å². The Kier molecular flexibility index (Phi) is 5.35. The van der Waals surface area contributed by atoms with Gasteiger partial charge in [0.25, 0.3) is 0 Å². The van der Waals surface area contributed by atoms with Crippen LogP contribution in [-0.4, -0.2) is 26.0 Å². The molecule has 0 saturated heterocycles. The third-order valence-corrected chi connectivity index (χ3v) is 4.86. The monoisotopic (exact) mass is 368 g/mol. The molecule has 0 aromatic heterocycles. The van der Waals surface area contributed by atoms with Crippen LogP contribution in [0, 0.1) is 25.7 Å². The highest BCUT2D eigenvalue weighted by Gasteiger charge is 2.48. The van der Waals surface area contributed by atoms with Gasteiger partial charge in [0.05, 0.1) is 31.7 Å². The van der Waals surface area contributed by atoms with Gasteiger partial charge in [-0.05, 0) is 43.5 Å². The number of aryl methyl sites for hydroxylation is 2. The van der Waals surface area contributed by atoms with Gasteiger partial charge in [0.1, 0.15) is 11.5 Å². The molecule has 142 valence electrons. The molecule has 0 radical (unpaired) electrons. The van der Waals surface area contributed by atoms with E-state index in [9.17, 15) is 9.59 Å². The van der Waals surface area contributed by atoms with Gasteiger partial charge in [-0.1, -0.05) is 18.2 Å². The van der Waals surface area contributed by atoms with E-state index in [1.165, 1.54) is 7.11 Å².